The molecule has 0 aliphatic carbocycles. The molecule has 0 radical (unpaired) electrons. The van der Waals surface area contributed by atoms with Gasteiger partial charge in [-0.15, -0.1) is 0 Å². The van der Waals surface area contributed by atoms with E-state index >= 15 is 0 Å². The Morgan fingerprint density at radius 3 is 2.00 bits per heavy atom. The molecule has 0 bridgehead atoms. The Hall–Kier alpha value is -0.900. The molecule has 1 aromatic carbocycles. The van der Waals surface area contributed by atoms with E-state index in [9.17, 15) is 13.2 Å². The lowest BCUT2D eigenvalue weighted by Gasteiger charge is -2.06. The van der Waals surface area contributed by atoms with E-state index < -0.39 is 11.0 Å². The Kier molecular flexibility index (Phi) is 2.47. The molecule has 0 spiro atoms. The fourth-order valence-electron chi connectivity index (χ4n) is 0.753. The summed E-state index contributed by atoms with van der Waals surface area (Å²) in [6.45, 7) is 0. The van der Waals surface area contributed by atoms with Gasteiger partial charge >= 0.3 is 6.18 Å². The average molecular weight is 190 g/mol. The molecule has 4 heteroatoms. The minimum atomic E-state index is -4.41. The van der Waals surface area contributed by atoms with E-state index in [4.69, 9.17) is 0 Å². The summed E-state index contributed by atoms with van der Waals surface area (Å²) in [6.07, 6.45) is -4.41. The van der Waals surface area contributed by atoms with Gasteiger partial charge in [-0.25, -0.2) is 0 Å². The predicted molar refractivity (Wildman–Crippen MR) is 44.2 cm³/mol. The van der Waals surface area contributed by atoms with Crippen molar-refractivity contribution in [2.75, 3.05) is 0 Å². The van der Waals surface area contributed by atoms with E-state index in [0.29, 0.717) is 0 Å². The van der Waals surface area contributed by atoms with Crippen LogP contribution in [0.5, 0.6) is 0 Å². The number of thiocarbonyl (C=S) groups is 1. The van der Waals surface area contributed by atoms with Crippen molar-refractivity contribution in [3.05, 3.63) is 35.9 Å². The van der Waals surface area contributed by atoms with Gasteiger partial charge in [-0.3, -0.25) is 0 Å². The first-order chi connectivity index (χ1) is 5.52. The highest BCUT2D eigenvalue weighted by Gasteiger charge is 2.34. The highest BCUT2D eigenvalue weighted by atomic mass is 32.1. The summed E-state index contributed by atoms with van der Waals surface area (Å²) in [5.41, 5.74) is 0.0417. The largest absolute Gasteiger partial charge is 0.426 e. The highest BCUT2D eigenvalue weighted by molar-refractivity contribution is 7.81. The predicted octanol–water partition coefficient (Wildman–Crippen LogP) is 2.97. The minimum Gasteiger partial charge on any atom is -0.165 e. The van der Waals surface area contributed by atoms with Gasteiger partial charge in [0.1, 0.15) is 4.86 Å². The lowest BCUT2D eigenvalue weighted by Crippen LogP contribution is -2.21. The maximum absolute atomic E-state index is 12.0. The van der Waals surface area contributed by atoms with Gasteiger partial charge in [0.15, 0.2) is 0 Å². The van der Waals surface area contributed by atoms with Crippen molar-refractivity contribution in [1.82, 2.24) is 0 Å². The molecule has 0 nitrogen and oxygen atoms in total. The molecule has 0 heterocycles. The van der Waals surface area contributed by atoms with Crippen LogP contribution in [-0.2, 0) is 0 Å². The van der Waals surface area contributed by atoms with Gasteiger partial charge < -0.3 is 0 Å². The van der Waals surface area contributed by atoms with Crippen molar-refractivity contribution < 1.29 is 13.2 Å². The van der Waals surface area contributed by atoms with Crippen molar-refractivity contribution in [3.8, 4) is 0 Å². The molecule has 0 aliphatic rings. The fraction of sp³-hybridized carbons (Fsp3) is 0.125. The Bertz CT molecular complexity index is 276. The van der Waals surface area contributed by atoms with Gasteiger partial charge in [-0.2, -0.15) is 13.2 Å². The summed E-state index contributed by atoms with van der Waals surface area (Å²) < 4.78 is 36.0. The third-order valence-corrected chi connectivity index (χ3v) is 1.76. The van der Waals surface area contributed by atoms with E-state index in [0.717, 1.165) is 0 Å². The smallest absolute Gasteiger partial charge is 0.165 e. The normalized spacial score (nSPS) is 11.2. The van der Waals surface area contributed by atoms with Crippen molar-refractivity contribution in [1.29, 1.82) is 0 Å². The quantitative estimate of drug-likeness (QED) is 0.484. The van der Waals surface area contributed by atoms with Gasteiger partial charge in [0.25, 0.3) is 0 Å². The lowest BCUT2D eigenvalue weighted by atomic mass is 10.1. The molecule has 0 atom stereocenters. The fourth-order valence-corrected chi connectivity index (χ4v) is 0.889. The Morgan fingerprint density at radius 2 is 1.58 bits per heavy atom. The molecule has 0 aromatic heterocycles. The monoisotopic (exact) mass is 190 g/mol. The molecule has 0 N–H and O–H groups in total. The van der Waals surface area contributed by atoms with Crippen LogP contribution in [0.2, 0.25) is 0 Å². The minimum absolute atomic E-state index is 0.0417. The number of halogens is 3. The molecule has 1 rings (SSSR count). The van der Waals surface area contributed by atoms with Gasteiger partial charge in [0, 0.05) is 0 Å². The maximum Gasteiger partial charge on any atom is 0.426 e. The van der Waals surface area contributed by atoms with Gasteiger partial charge in [0.2, 0.25) is 0 Å². The van der Waals surface area contributed by atoms with E-state index in [2.05, 4.69) is 12.2 Å². The molecule has 1 aromatic rings. The third-order valence-electron chi connectivity index (χ3n) is 1.29. The number of rotatable bonds is 1. The van der Waals surface area contributed by atoms with Gasteiger partial charge in [-0.1, -0.05) is 42.5 Å². The van der Waals surface area contributed by atoms with Crippen LogP contribution in [0.15, 0.2) is 30.3 Å². The zero-order valence-electron chi connectivity index (χ0n) is 5.93. The van der Waals surface area contributed by atoms with E-state index in [-0.39, 0.29) is 5.56 Å². The van der Waals surface area contributed by atoms with Gasteiger partial charge in [0.05, 0.1) is 0 Å². The molecule has 0 saturated carbocycles. The zero-order chi connectivity index (χ0) is 9.19. The lowest BCUT2D eigenvalue weighted by molar-refractivity contribution is -0.0556. The summed E-state index contributed by atoms with van der Waals surface area (Å²) in [5, 5.41) is 0. The Labute approximate surface area is 73.0 Å². The topological polar surface area (TPSA) is 0 Å². The number of hydrogen-bond donors (Lipinski definition) is 0. The van der Waals surface area contributed by atoms with Crippen molar-refractivity contribution in [3.63, 3.8) is 0 Å². The first-order valence-corrected chi connectivity index (χ1v) is 3.59. The second kappa shape index (κ2) is 3.23. The molecule has 12 heavy (non-hydrogen) atoms. The molecule has 0 fully saturated rings. The second-order valence-electron chi connectivity index (χ2n) is 2.19. The SMILES string of the molecule is FC(F)(F)C(=S)c1ccccc1. The molecule has 0 amide bonds. The van der Waals surface area contributed by atoms with Crippen LogP contribution in [0.4, 0.5) is 13.2 Å². The van der Waals surface area contributed by atoms with Crippen molar-refractivity contribution in [2.45, 2.75) is 6.18 Å². The van der Waals surface area contributed by atoms with Crippen LogP contribution in [0.3, 0.4) is 0 Å². The van der Waals surface area contributed by atoms with Crippen molar-refractivity contribution in [2.24, 2.45) is 0 Å². The molecular weight excluding hydrogens is 185 g/mol. The Balaban J connectivity index is 2.94. The third kappa shape index (κ3) is 2.04. The molecule has 0 saturated heterocycles. The van der Waals surface area contributed by atoms with E-state index in [1.165, 1.54) is 24.3 Å². The van der Waals surface area contributed by atoms with Crippen LogP contribution in [0.1, 0.15) is 5.56 Å². The highest BCUT2D eigenvalue weighted by Crippen LogP contribution is 2.22. The summed E-state index contributed by atoms with van der Waals surface area (Å²) in [6, 6.07) is 7.37. The number of benzene rings is 1. The van der Waals surface area contributed by atoms with Crippen LogP contribution >= 0.6 is 12.2 Å². The van der Waals surface area contributed by atoms with E-state index in [1.54, 1.807) is 6.07 Å². The molecule has 0 unspecified atom stereocenters. The molecule has 0 aliphatic heterocycles. The number of alkyl halides is 3. The van der Waals surface area contributed by atoms with Crippen LogP contribution in [0.25, 0.3) is 0 Å². The van der Waals surface area contributed by atoms with Crippen LogP contribution < -0.4 is 0 Å². The first-order valence-electron chi connectivity index (χ1n) is 3.18. The maximum atomic E-state index is 12.0. The summed E-state index contributed by atoms with van der Waals surface area (Å²) >= 11 is 4.23. The molecular formula is C8H5F3S. The van der Waals surface area contributed by atoms with Crippen LogP contribution in [0, 0.1) is 0 Å². The number of hydrogen-bond acceptors (Lipinski definition) is 1. The van der Waals surface area contributed by atoms with Crippen LogP contribution in [-0.4, -0.2) is 11.0 Å². The van der Waals surface area contributed by atoms with E-state index in [1.807, 2.05) is 0 Å². The summed E-state index contributed by atoms with van der Waals surface area (Å²) in [5.74, 6) is 0. The van der Waals surface area contributed by atoms with Crippen molar-refractivity contribution >= 4 is 17.1 Å². The summed E-state index contributed by atoms with van der Waals surface area (Å²) in [7, 11) is 0. The molecule has 64 valence electrons. The first kappa shape index (κ1) is 9.19. The Morgan fingerprint density at radius 1 is 1.08 bits per heavy atom. The summed E-state index contributed by atoms with van der Waals surface area (Å²) in [4.78, 5) is -0.969. The second-order valence-corrected chi connectivity index (χ2v) is 2.60. The zero-order valence-corrected chi connectivity index (χ0v) is 6.75. The standard InChI is InChI=1S/C8H5F3S/c9-8(10,11)7(12)6-4-2-1-3-5-6/h1-5H. The van der Waals surface area contributed by atoms with Gasteiger partial charge in [-0.05, 0) is 5.56 Å². The average Bonchev–Trinajstić information content (AvgIpc) is 2.03.